The third-order valence-electron chi connectivity index (χ3n) is 4.36. The molecule has 0 aliphatic carbocycles. The standard InChI is InChI=1S/C11H20O2.C9H11NO3/c1-4-7-8-10(5-2)9-13-11(12)6-3;1-2-10(7-5-9(12)13)6-3-4-8(10)11/h6,10H,3-5,7-9H2,1-2H3;2,5,7H,1,3-4,6H2/p+1. The van der Waals surface area contributed by atoms with Crippen LogP contribution in [0.5, 0.6) is 0 Å². The fourth-order valence-corrected chi connectivity index (χ4v) is 2.59. The lowest BCUT2D eigenvalue weighted by atomic mass is 10.0. The largest absolute Gasteiger partial charge is 0.478 e. The van der Waals surface area contributed by atoms with Crippen LogP contribution in [0.25, 0.3) is 0 Å². The van der Waals surface area contributed by atoms with Crippen molar-refractivity contribution in [1.82, 2.24) is 0 Å². The van der Waals surface area contributed by atoms with Crippen LogP contribution in [0.3, 0.4) is 0 Å². The average Bonchev–Trinajstić information content (AvgIpc) is 3.01. The van der Waals surface area contributed by atoms with Crippen LogP contribution in [0.2, 0.25) is 0 Å². The lowest BCUT2D eigenvalue weighted by Gasteiger charge is -2.20. The van der Waals surface area contributed by atoms with Gasteiger partial charge in [0.2, 0.25) is 0 Å². The first-order valence-corrected chi connectivity index (χ1v) is 9.10. The minimum atomic E-state index is -1.04. The van der Waals surface area contributed by atoms with Gasteiger partial charge >= 0.3 is 17.8 Å². The topological polar surface area (TPSA) is 80.7 Å². The molecule has 0 bridgehead atoms. The van der Waals surface area contributed by atoms with Crippen LogP contribution in [0.15, 0.2) is 37.7 Å². The van der Waals surface area contributed by atoms with E-state index in [9.17, 15) is 14.4 Å². The molecule has 1 fully saturated rings. The number of likely N-dealkylation sites (tertiary alicyclic amines) is 1. The van der Waals surface area contributed by atoms with E-state index in [4.69, 9.17) is 9.84 Å². The molecule has 6 nitrogen and oxygen atoms in total. The van der Waals surface area contributed by atoms with Crippen LogP contribution in [-0.4, -0.2) is 40.6 Å². The first kappa shape index (κ1) is 23.8. The summed E-state index contributed by atoms with van der Waals surface area (Å²) >= 11 is 0. The summed E-state index contributed by atoms with van der Waals surface area (Å²) in [7, 11) is 0. The third kappa shape index (κ3) is 8.76. The minimum Gasteiger partial charge on any atom is -0.478 e. The Morgan fingerprint density at radius 1 is 1.35 bits per heavy atom. The number of hydrogen-bond acceptors (Lipinski definition) is 4. The van der Waals surface area contributed by atoms with E-state index in [0.29, 0.717) is 25.5 Å². The number of esters is 1. The maximum absolute atomic E-state index is 11.4. The van der Waals surface area contributed by atoms with Crippen molar-refractivity contribution in [3.05, 3.63) is 37.7 Å². The molecule has 0 radical (unpaired) electrons. The minimum absolute atomic E-state index is 0.00694. The molecule has 1 heterocycles. The highest BCUT2D eigenvalue weighted by molar-refractivity contribution is 5.81. The van der Waals surface area contributed by atoms with Gasteiger partial charge in [0.1, 0.15) is 12.4 Å². The number of carboxylic acids is 1. The predicted molar refractivity (Wildman–Crippen MR) is 101 cm³/mol. The molecule has 1 aliphatic rings. The maximum Gasteiger partial charge on any atom is 0.333 e. The van der Waals surface area contributed by atoms with Gasteiger partial charge in [0.15, 0.2) is 0 Å². The number of carbonyl (C=O) groups is 3. The molecule has 146 valence electrons. The highest BCUT2D eigenvalue weighted by Gasteiger charge is 2.37. The maximum atomic E-state index is 11.4. The number of carboxylic acid groups (broad SMARTS) is 1. The van der Waals surface area contributed by atoms with Crippen molar-refractivity contribution in [2.24, 2.45) is 5.92 Å². The Kier molecular flexibility index (Phi) is 11.9. The molecule has 1 saturated heterocycles. The number of hydrogen-bond donors (Lipinski definition) is 1. The Balaban J connectivity index is 0.000000481. The normalized spacial score (nSPS) is 20.2. The van der Waals surface area contributed by atoms with Crippen molar-refractivity contribution in [2.45, 2.75) is 52.4 Å². The number of unbranched alkanes of at least 4 members (excludes halogenated alkanes) is 1. The lowest BCUT2D eigenvalue weighted by Crippen LogP contribution is -2.37. The zero-order chi connectivity index (χ0) is 20.0. The first-order chi connectivity index (χ1) is 12.3. The van der Waals surface area contributed by atoms with Gasteiger partial charge in [-0.2, -0.15) is 0 Å². The zero-order valence-electron chi connectivity index (χ0n) is 16.0. The Bertz CT molecular complexity index is 526. The second-order valence-electron chi connectivity index (χ2n) is 6.24. The van der Waals surface area contributed by atoms with Gasteiger partial charge in [0, 0.05) is 12.5 Å². The summed E-state index contributed by atoms with van der Waals surface area (Å²) in [6, 6.07) is 0. The van der Waals surface area contributed by atoms with Gasteiger partial charge in [-0.3, -0.25) is 0 Å². The second-order valence-corrected chi connectivity index (χ2v) is 6.24. The quantitative estimate of drug-likeness (QED) is 0.361. The van der Waals surface area contributed by atoms with Crippen molar-refractivity contribution < 1.29 is 28.7 Å². The summed E-state index contributed by atoms with van der Waals surface area (Å²) < 4.78 is 4.95. The van der Waals surface area contributed by atoms with Gasteiger partial charge < -0.3 is 9.84 Å². The molecule has 2 unspecified atom stereocenters. The lowest BCUT2D eigenvalue weighted by molar-refractivity contribution is -0.738. The van der Waals surface area contributed by atoms with Crippen LogP contribution in [0.4, 0.5) is 0 Å². The van der Waals surface area contributed by atoms with Gasteiger partial charge in [0.05, 0.1) is 25.6 Å². The molecule has 0 aromatic heterocycles. The Labute approximate surface area is 156 Å². The zero-order valence-corrected chi connectivity index (χ0v) is 16.0. The number of amides is 1. The van der Waals surface area contributed by atoms with E-state index in [-0.39, 0.29) is 16.4 Å². The van der Waals surface area contributed by atoms with Crippen LogP contribution in [-0.2, 0) is 19.1 Å². The van der Waals surface area contributed by atoms with Gasteiger partial charge in [0.25, 0.3) is 0 Å². The predicted octanol–water partition coefficient (Wildman–Crippen LogP) is 3.80. The van der Waals surface area contributed by atoms with E-state index in [2.05, 4.69) is 27.0 Å². The van der Waals surface area contributed by atoms with Crippen molar-refractivity contribution in [1.29, 1.82) is 0 Å². The molecule has 1 aliphatic heterocycles. The molecule has 0 aromatic rings. The summed E-state index contributed by atoms with van der Waals surface area (Å²) in [5, 5.41) is 8.43. The summed E-state index contributed by atoms with van der Waals surface area (Å²) in [6.07, 6.45) is 11.0. The number of nitrogens with zero attached hydrogens (tertiary/aromatic N) is 1. The summed E-state index contributed by atoms with van der Waals surface area (Å²) in [5.41, 5.74) is 0. The Hall–Kier alpha value is -2.21. The van der Waals surface area contributed by atoms with E-state index in [1.807, 2.05) is 0 Å². The van der Waals surface area contributed by atoms with E-state index in [0.717, 1.165) is 25.3 Å². The highest BCUT2D eigenvalue weighted by Crippen LogP contribution is 2.22. The monoisotopic (exact) mass is 366 g/mol. The Morgan fingerprint density at radius 2 is 2.04 bits per heavy atom. The number of ether oxygens (including phenoxy) is 1. The number of rotatable bonds is 10. The molecule has 0 spiro atoms. The fraction of sp³-hybridized carbons (Fsp3) is 0.550. The first-order valence-electron chi connectivity index (χ1n) is 9.10. The second kappa shape index (κ2) is 13.1. The SMILES string of the molecule is C=CC(=O)OCC(CC)CCCC.C=C[N+]1(C=CC(=O)O)CCCC1=O. The van der Waals surface area contributed by atoms with Gasteiger partial charge in [-0.15, -0.1) is 0 Å². The van der Waals surface area contributed by atoms with E-state index >= 15 is 0 Å². The number of aliphatic carboxylic acids is 1. The number of quaternary nitrogens is 1. The molecular weight excluding hydrogens is 334 g/mol. The van der Waals surface area contributed by atoms with Crippen molar-refractivity contribution in [2.75, 3.05) is 13.2 Å². The van der Waals surface area contributed by atoms with E-state index in [1.54, 1.807) is 0 Å². The molecule has 1 N–H and O–H groups in total. The molecular formula is C20H32NO5+. The highest BCUT2D eigenvalue weighted by atomic mass is 16.5. The molecule has 0 saturated carbocycles. The Morgan fingerprint density at radius 3 is 2.46 bits per heavy atom. The number of carbonyl (C=O) groups excluding carboxylic acids is 2. The van der Waals surface area contributed by atoms with Crippen molar-refractivity contribution in [3.8, 4) is 0 Å². The summed E-state index contributed by atoms with van der Waals surface area (Å²) in [6.45, 7) is 12.4. The van der Waals surface area contributed by atoms with Crippen LogP contribution < -0.4 is 0 Å². The molecule has 0 aromatic carbocycles. The van der Waals surface area contributed by atoms with Crippen LogP contribution >= 0.6 is 0 Å². The fourth-order valence-electron chi connectivity index (χ4n) is 2.59. The van der Waals surface area contributed by atoms with Crippen LogP contribution in [0.1, 0.15) is 52.4 Å². The molecule has 6 heteroatoms. The molecule has 2 atom stereocenters. The van der Waals surface area contributed by atoms with E-state index in [1.165, 1.54) is 31.3 Å². The molecule has 26 heavy (non-hydrogen) atoms. The van der Waals surface area contributed by atoms with Crippen molar-refractivity contribution in [3.63, 3.8) is 0 Å². The summed E-state index contributed by atoms with van der Waals surface area (Å²) in [4.78, 5) is 32.4. The smallest absolute Gasteiger partial charge is 0.333 e. The van der Waals surface area contributed by atoms with Gasteiger partial charge in [-0.25, -0.2) is 18.9 Å². The molecule has 1 rings (SSSR count). The van der Waals surface area contributed by atoms with Gasteiger partial charge in [-0.1, -0.05) is 39.7 Å². The summed E-state index contributed by atoms with van der Waals surface area (Å²) in [5.74, 6) is -0.828. The van der Waals surface area contributed by atoms with Gasteiger partial charge in [-0.05, 0) is 18.9 Å². The van der Waals surface area contributed by atoms with Crippen LogP contribution in [0, 0.1) is 5.92 Å². The molecule has 1 amide bonds. The van der Waals surface area contributed by atoms with Crippen molar-refractivity contribution >= 4 is 17.8 Å². The third-order valence-corrected chi connectivity index (χ3v) is 4.36. The van der Waals surface area contributed by atoms with E-state index < -0.39 is 5.97 Å². The average molecular weight is 366 g/mol.